The van der Waals surface area contributed by atoms with E-state index in [2.05, 4.69) is 150 Å². The monoisotopic (exact) mass is 574 g/mol. The standard InChI is InChI=1S/C38H35BN4O/c1-26(24-38(3,39)43-27(2)42(28-14-5-4-6-15-28)33-20-10-11-21-34(33)43)40-25-41(32-19-9-8-18-31(32)40)35-22-13-17-30-29-16-7-12-23-36(29)44-37(30)35/h4-23,26-27H,24-25H2,1-3H3. The van der Waals surface area contributed by atoms with Crippen LogP contribution >= 0.6 is 0 Å². The van der Waals surface area contributed by atoms with E-state index in [0.29, 0.717) is 0 Å². The van der Waals surface area contributed by atoms with E-state index >= 15 is 0 Å². The molecule has 8 rings (SSSR count). The molecule has 2 radical (unpaired) electrons. The minimum Gasteiger partial charge on any atom is -0.454 e. The molecule has 5 aromatic carbocycles. The summed E-state index contributed by atoms with van der Waals surface area (Å²) in [7, 11) is 7.36. The van der Waals surface area contributed by atoms with Gasteiger partial charge in [0.1, 0.15) is 19.6 Å². The maximum Gasteiger partial charge on any atom is 0.159 e. The van der Waals surface area contributed by atoms with Crippen molar-refractivity contribution in [2.24, 2.45) is 0 Å². The second-order valence-corrected chi connectivity index (χ2v) is 12.4. The SMILES string of the molecule is [B]C(C)(CC(C)N1CN(c2cccc3c2oc2ccccc23)c2ccccc21)N1c2ccccc2N(c2ccccc2)C1C. The lowest BCUT2D eigenvalue weighted by atomic mass is 9.72. The summed E-state index contributed by atoms with van der Waals surface area (Å²) >= 11 is 0. The zero-order valence-electron chi connectivity index (χ0n) is 25.4. The van der Waals surface area contributed by atoms with E-state index in [0.717, 1.165) is 40.7 Å². The number of para-hydroxylation sites is 7. The van der Waals surface area contributed by atoms with Crippen LogP contribution in [0.2, 0.25) is 0 Å². The van der Waals surface area contributed by atoms with Crippen LogP contribution in [0.1, 0.15) is 27.2 Å². The molecule has 0 saturated carbocycles. The fraction of sp³-hybridized carbons (Fsp3) is 0.211. The Morgan fingerprint density at radius 1 is 0.727 bits per heavy atom. The zero-order chi connectivity index (χ0) is 30.0. The van der Waals surface area contributed by atoms with Crippen molar-refractivity contribution < 1.29 is 4.42 Å². The van der Waals surface area contributed by atoms with E-state index in [1.807, 2.05) is 12.1 Å². The third-order valence-corrected chi connectivity index (χ3v) is 9.42. The first-order chi connectivity index (χ1) is 21.4. The van der Waals surface area contributed by atoms with Gasteiger partial charge in [0.05, 0.1) is 35.1 Å². The molecule has 0 saturated heterocycles. The van der Waals surface area contributed by atoms with Crippen LogP contribution in [-0.4, -0.2) is 32.2 Å². The molecule has 0 spiro atoms. The highest BCUT2D eigenvalue weighted by Crippen LogP contribution is 2.49. The third-order valence-electron chi connectivity index (χ3n) is 9.42. The molecule has 216 valence electrons. The largest absolute Gasteiger partial charge is 0.454 e. The molecule has 2 aliphatic rings. The van der Waals surface area contributed by atoms with Crippen molar-refractivity contribution in [3.05, 3.63) is 121 Å². The van der Waals surface area contributed by atoms with E-state index in [1.165, 1.54) is 28.4 Å². The molecular weight excluding hydrogens is 539 g/mol. The Morgan fingerprint density at radius 2 is 1.34 bits per heavy atom. The van der Waals surface area contributed by atoms with Crippen molar-refractivity contribution in [1.29, 1.82) is 0 Å². The van der Waals surface area contributed by atoms with Crippen molar-refractivity contribution in [2.75, 3.05) is 26.3 Å². The second-order valence-electron chi connectivity index (χ2n) is 12.4. The molecule has 0 amide bonds. The number of rotatable bonds is 6. The van der Waals surface area contributed by atoms with Gasteiger partial charge in [-0.2, -0.15) is 0 Å². The predicted molar refractivity (Wildman–Crippen MR) is 185 cm³/mol. The summed E-state index contributed by atoms with van der Waals surface area (Å²) in [6.45, 7) is 7.45. The van der Waals surface area contributed by atoms with Gasteiger partial charge in [0.25, 0.3) is 0 Å². The number of hydrogen-bond acceptors (Lipinski definition) is 5. The van der Waals surface area contributed by atoms with Gasteiger partial charge >= 0.3 is 0 Å². The van der Waals surface area contributed by atoms with Gasteiger partial charge in [-0.3, -0.25) is 0 Å². The molecule has 1 aromatic heterocycles. The molecule has 3 unspecified atom stereocenters. The summed E-state index contributed by atoms with van der Waals surface area (Å²) in [6.07, 6.45) is 0.829. The summed E-state index contributed by atoms with van der Waals surface area (Å²) in [5.41, 5.74) is 8.22. The Bertz CT molecular complexity index is 1990. The van der Waals surface area contributed by atoms with E-state index in [1.54, 1.807) is 0 Å². The highest BCUT2D eigenvalue weighted by atomic mass is 16.3. The first-order valence-electron chi connectivity index (χ1n) is 15.5. The van der Waals surface area contributed by atoms with Gasteiger partial charge in [-0.05, 0) is 68.8 Å². The van der Waals surface area contributed by atoms with E-state index < -0.39 is 5.44 Å². The molecule has 0 aliphatic carbocycles. The molecular formula is C38H35BN4O. The van der Waals surface area contributed by atoms with Crippen LogP contribution in [0, 0.1) is 0 Å². The highest BCUT2D eigenvalue weighted by molar-refractivity contribution is 6.18. The fourth-order valence-corrected chi connectivity index (χ4v) is 7.61. The zero-order valence-corrected chi connectivity index (χ0v) is 25.4. The first-order valence-corrected chi connectivity index (χ1v) is 15.5. The Morgan fingerprint density at radius 3 is 2.14 bits per heavy atom. The molecule has 2 aliphatic heterocycles. The quantitative estimate of drug-likeness (QED) is 0.185. The van der Waals surface area contributed by atoms with Gasteiger partial charge in [0.15, 0.2) is 5.58 Å². The lowest BCUT2D eigenvalue weighted by molar-refractivity contribution is 0.447. The van der Waals surface area contributed by atoms with Crippen LogP contribution in [0.4, 0.5) is 34.1 Å². The van der Waals surface area contributed by atoms with Crippen molar-refractivity contribution in [1.82, 2.24) is 0 Å². The topological polar surface area (TPSA) is 26.1 Å². The van der Waals surface area contributed by atoms with Crippen LogP contribution in [0.5, 0.6) is 0 Å². The Kier molecular flexibility index (Phi) is 6.16. The summed E-state index contributed by atoms with van der Waals surface area (Å²) in [4.78, 5) is 9.67. The van der Waals surface area contributed by atoms with Crippen LogP contribution in [0.15, 0.2) is 126 Å². The summed E-state index contributed by atoms with van der Waals surface area (Å²) in [5.74, 6) is 0. The number of hydrogen-bond donors (Lipinski definition) is 0. The number of furan rings is 1. The number of nitrogens with zero attached hydrogens (tertiary/aromatic N) is 4. The van der Waals surface area contributed by atoms with Gasteiger partial charge in [0, 0.05) is 27.9 Å². The van der Waals surface area contributed by atoms with Gasteiger partial charge in [-0.15, -0.1) is 0 Å². The lowest BCUT2D eigenvalue weighted by Crippen LogP contribution is -2.56. The molecule has 3 heterocycles. The molecule has 44 heavy (non-hydrogen) atoms. The minimum atomic E-state index is -0.612. The van der Waals surface area contributed by atoms with Gasteiger partial charge < -0.3 is 24.0 Å². The van der Waals surface area contributed by atoms with E-state index in [-0.39, 0.29) is 12.2 Å². The number of benzene rings is 5. The maximum absolute atomic E-state index is 7.36. The smallest absolute Gasteiger partial charge is 0.159 e. The van der Waals surface area contributed by atoms with E-state index in [9.17, 15) is 0 Å². The van der Waals surface area contributed by atoms with Gasteiger partial charge in [0.2, 0.25) is 0 Å². The summed E-state index contributed by atoms with van der Waals surface area (Å²) in [6, 6.07) is 42.8. The Hall–Kier alpha value is -4.84. The Labute approximate surface area is 260 Å². The van der Waals surface area contributed by atoms with Crippen LogP contribution in [-0.2, 0) is 0 Å². The summed E-state index contributed by atoms with van der Waals surface area (Å²) in [5, 5.41) is 2.28. The number of fused-ring (bicyclic) bond motifs is 5. The third kappa shape index (κ3) is 4.08. The predicted octanol–water partition coefficient (Wildman–Crippen LogP) is 9.17. The van der Waals surface area contributed by atoms with E-state index in [4.69, 9.17) is 12.3 Å². The highest BCUT2D eigenvalue weighted by Gasteiger charge is 2.43. The maximum atomic E-state index is 7.36. The van der Waals surface area contributed by atoms with Crippen molar-refractivity contribution in [2.45, 2.75) is 44.8 Å². The molecule has 0 bridgehead atoms. The molecule has 6 aromatic rings. The molecule has 0 fully saturated rings. The minimum absolute atomic E-state index is 0.0602. The normalized spacial score (nSPS) is 18.1. The summed E-state index contributed by atoms with van der Waals surface area (Å²) < 4.78 is 6.45. The van der Waals surface area contributed by atoms with Gasteiger partial charge in [-0.1, -0.05) is 79.7 Å². The average molecular weight is 575 g/mol. The van der Waals surface area contributed by atoms with Gasteiger partial charge in [-0.25, -0.2) is 0 Å². The Balaban J connectivity index is 1.12. The number of anilines is 6. The second kappa shape index (κ2) is 10.1. The van der Waals surface area contributed by atoms with Crippen LogP contribution in [0.3, 0.4) is 0 Å². The fourth-order valence-electron chi connectivity index (χ4n) is 7.61. The molecule has 0 N–H and O–H groups in total. The van der Waals surface area contributed by atoms with Crippen LogP contribution < -0.4 is 19.6 Å². The van der Waals surface area contributed by atoms with Crippen molar-refractivity contribution in [3.8, 4) is 0 Å². The average Bonchev–Trinajstić information content (AvgIpc) is 3.70. The molecule has 3 atom stereocenters. The lowest BCUT2D eigenvalue weighted by Gasteiger charge is -2.45. The molecule has 5 nitrogen and oxygen atoms in total. The van der Waals surface area contributed by atoms with Crippen molar-refractivity contribution >= 4 is 63.9 Å². The van der Waals surface area contributed by atoms with Crippen molar-refractivity contribution in [3.63, 3.8) is 0 Å². The first kappa shape index (κ1) is 26.8. The van der Waals surface area contributed by atoms with Crippen LogP contribution in [0.25, 0.3) is 21.9 Å². The molecule has 6 heteroatoms.